The molecule has 1 aromatic carbocycles. The largest absolute Gasteiger partial charge is 0.311 e. The predicted octanol–water partition coefficient (Wildman–Crippen LogP) is 4.28. The molecule has 0 radical (unpaired) electrons. The summed E-state index contributed by atoms with van der Waals surface area (Å²) in [4.78, 5) is 5.97. The van der Waals surface area contributed by atoms with E-state index in [0.717, 1.165) is 23.8 Å². The summed E-state index contributed by atoms with van der Waals surface area (Å²) in [6.07, 6.45) is 2.09. The van der Waals surface area contributed by atoms with E-state index < -0.39 is 0 Å². The lowest BCUT2D eigenvalue weighted by atomic mass is 10.2. The van der Waals surface area contributed by atoms with Gasteiger partial charge in [-0.2, -0.15) is 0 Å². The monoisotopic (exact) mass is 292 g/mol. The maximum atomic E-state index is 4.68. The van der Waals surface area contributed by atoms with E-state index in [1.807, 2.05) is 0 Å². The van der Waals surface area contributed by atoms with Crippen molar-refractivity contribution in [3.8, 4) is 10.6 Å². The van der Waals surface area contributed by atoms with E-state index >= 15 is 0 Å². The Kier molecular flexibility index (Phi) is 5.43. The van der Waals surface area contributed by atoms with Gasteiger partial charge in [-0.1, -0.05) is 26.0 Å². The molecular formula is C15H20N2S2. The second kappa shape index (κ2) is 7.08. The molecule has 19 heavy (non-hydrogen) atoms. The molecule has 0 fully saturated rings. The molecule has 4 heteroatoms. The lowest BCUT2D eigenvalue weighted by molar-refractivity contribution is 0.549. The third-order valence-corrected chi connectivity index (χ3v) is 4.43. The van der Waals surface area contributed by atoms with Gasteiger partial charge in [-0.25, -0.2) is 4.98 Å². The molecule has 0 atom stereocenters. The average Bonchev–Trinajstić information content (AvgIpc) is 2.87. The van der Waals surface area contributed by atoms with Crippen molar-refractivity contribution < 1.29 is 0 Å². The number of rotatable bonds is 6. The van der Waals surface area contributed by atoms with Crippen molar-refractivity contribution in [3.05, 3.63) is 35.3 Å². The van der Waals surface area contributed by atoms with Gasteiger partial charge in [0.15, 0.2) is 0 Å². The van der Waals surface area contributed by atoms with Gasteiger partial charge in [-0.05, 0) is 30.9 Å². The number of benzene rings is 1. The van der Waals surface area contributed by atoms with Crippen molar-refractivity contribution in [2.45, 2.75) is 25.3 Å². The molecule has 0 spiro atoms. The van der Waals surface area contributed by atoms with Crippen molar-refractivity contribution in [1.29, 1.82) is 0 Å². The number of thiazole rings is 1. The molecule has 0 aliphatic carbocycles. The number of nitrogens with one attached hydrogen (secondary N) is 1. The Morgan fingerprint density at radius 2 is 2.00 bits per heavy atom. The van der Waals surface area contributed by atoms with Crippen LogP contribution < -0.4 is 5.32 Å². The average molecular weight is 292 g/mol. The van der Waals surface area contributed by atoms with Crippen LogP contribution in [0.2, 0.25) is 0 Å². The van der Waals surface area contributed by atoms with Gasteiger partial charge < -0.3 is 5.32 Å². The van der Waals surface area contributed by atoms with Gasteiger partial charge in [0.1, 0.15) is 5.01 Å². The van der Waals surface area contributed by atoms with Gasteiger partial charge in [0.05, 0.1) is 5.69 Å². The first-order chi connectivity index (χ1) is 9.19. The van der Waals surface area contributed by atoms with Crippen LogP contribution in [-0.4, -0.2) is 17.8 Å². The normalized spacial score (nSPS) is 11.2. The highest BCUT2D eigenvalue weighted by Crippen LogP contribution is 2.25. The maximum absolute atomic E-state index is 4.68. The summed E-state index contributed by atoms with van der Waals surface area (Å²) in [5.74, 6) is 0.678. The summed E-state index contributed by atoms with van der Waals surface area (Å²) in [5, 5.41) is 6.67. The molecule has 0 aliphatic rings. The zero-order valence-electron chi connectivity index (χ0n) is 11.6. The summed E-state index contributed by atoms with van der Waals surface area (Å²) >= 11 is 3.48. The smallest absolute Gasteiger partial charge is 0.123 e. The van der Waals surface area contributed by atoms with Crippen molar-refractivity contribution in [3.63, 3.8) is 0 Å². The molecule has 0 saturated heterocycles. The molecule has 0 saturated carbocycles. The van der Waals surface area contributed by atoms with Gasteiger partial charge in [0.25, 0.3) is 0 Å². The molecule has 0 aliphatic heterocycles. The Bertz CT molecular complexity index is 503. The Morgan fingerprint density at radius 1 is 1.26 bits per heavy atom. The topological polar surface area (TPSA) is 24.9 Å². The van der Waals surface area contributed by atoms with Crippen molar-refractivity contribution in [2.75, 3.05) is 12.8 Å². The lowest BCUT2D eigenvalue weighted by Gasteiger charge is -2.04. The van der Waals surface area contributed by atoms with Crippen LogP contribution in [0.1, 0.15) is 19.5 Å². The van der Waals surface area contributed by atoms with E-state index in [2.05, 4.69) is 60.0 Å². The highest BCUT2D eigenvalue weighted by atomic mass is 32.2. The van der Waals surface area contributed by atoms with E-state index in [0.29, 0.717) is 5.92 Å². The summed E-state index contributed by atoms with van der Waals surface area (Å²) < 4.78 is 0. The third-order valence-electron chi connectivity index (χ3n) is 2.75. The minimum Gasteiger partial charge on any atom is -0.311 e. The van der Waals surface area contributed by atoms with Crippen LogP contribution in [-0.2, 0) is 6.54 Å². The number of aromatic nitrogens is 1. The maximum Gasteiger partial charge on any atom is 0.123 e. The molecule has 2 rings (SSSR count). The quantitative estimate of drug-likeness (QED) is 0.805. The highest BCUT2D eigenvalue weighted by molar-refractivity contribution is 7.98. The van der Waals surface area contributed by atoms with Crippen molar-refractivity contribution >= 4 is 23.1 Å². The van der Waals surface area contributed by atoms with E-state index in [9.17, 15) is 0 Å². The standard InChI is InChI=1S/C15H20N2S2/c1-11(2)8-16-9-13-10-19-15(17-13)12-4-6-14(18-3)7-5-12/h4-7,10-11,16H,8-9H2,1-3H3. The Labute approximate surface area is 123 Å². The Balaban J connectivity index is 1.99. The second-order valence-corrected chi connectivity index (χ2v) is 6.64. The molecule has 1 aromatic heterocycles. The molecule has 102 valence electrons. The fourth-order valence-electron chi connectivity index (χ4n) is 1.74. The van der Waals surface area contributed by atoms with Crippen molar-refractivity contribution in [2.24, 2.45) is 5.92 Å². The Morgan fingerprint density at radius 3 is 2.63 bits per heavy atom. The number of hydrogen-bond donors (Lipinski definition) is 1. The predicted molar refractivity (Wildman–Crippen MR) is 85.9 cm³/mol. The van der Waals surface area contributed by atoms with Gasteiger partial charge >= 0.3 is 0 Å². The molecule has 0 bridgehead atoms. The lowest BCUT2D eigenvalue weighted by Crippen LogP contribution is -2.19. The SMILES string of the molecule is CSc1ccc(-c2nc(CNCC(C)C)cs2)cc1. The Hall–Kier alpha value is -0.840. The molecule has 2 nitrogen and oxygen atoms in total. The zero-order valence-corrected chi connectivity index (χ0v) is 13.3. The fraction of sp³-hybridized carbons (Fsp3) is 0.400. The van der Waals surface area contributed by atoms with Gasteiger partial charge in [0, 0.05) is 22.4 Å². The molecule has 0 amide bonds. The molecule has 0 unspecified atom stereocenters. The van der Waals surface area contributed by atoms with Crippen molar-refractivity contribution in [1.82, 2.24) is 10.3 Å². The van der Waals surface area contributed by atoms with Gasteiger partial charge in [-0.15, -0.1) is 23.1 Å². The van der Waals surface area contributed by atoms with E-state index in [4.69, 9.17) is 0 Å². The van der Waals surface area contributed by atoms with Crippen LogP contribution in [0.25, 0.3) is 10.6 Å². The second-order valence-electron chi connectivity index (χ2n) is 4.90. The van der Waals surface area contributed by atoms with E-state index in [-0.39, 0.29) is 0 Å². The fourth-order valence-corrected chi connectivity index (χ4v) is 2.98. The highest BCUT2D eigenvalue weighted by Gasteiger charge is 2.05. The first-order valence-electron chi connectivity index (χ1n) is 6.48. The van der Waals surface area contributed by atoms with E-state index in [1.165, 1.54) is 10.5 Å². The molecule has 1 heterocycles. The summed E-state index contributed by atoms with van der Waals surface area (Å²) in [6.45, 7) is 6.33. The third kappa shape index (κ3) is 4.34. The van der Waals surface area contributed by atoms with E-state index in [1.54, 1.807) is 23.1 Å². The first kappa shape index (κ1) is 14.6. The summed E-state index contributed by atoms with van der Waals surface area (Å²) in [5.41, 5.74) is 2.34. The van der Waals surface area contributed by atoms with Crippen LogP contribution in [0.4, 0.5) is 0 Å². The summed E-state index contributed by atoms with van der Waals surface area (Å²) in [6, 6.07) is 8.60. The number of hydrogen-bond acceptors (Lipinski definition) is 4. The molecule has 1 N–H and O–H groups in total. The first-order valence-corrected chi connectivity index (χ1v) is 8.59. The van der Waals surface area contributed by atoms with Crippen LogP contribution in [0.15, 0.2) is 34.5 Å². The van der Waals surface area contributed by atoms with Gasteiger partial charge in [-0.3, -0.25) is 0 Å². The van der Waals surface area contributed by atoms with Crippen LogP contribution in [0.5, 0.6) is 0 Å². The molecular weight excluding hydrogens is 272 g/mol. The van der Waals surface area contributed by atoms with Gasteiger partial charge in [0.2, 0.25) is 0 Å². The minimum atomic E-state index is 0.678. The van der Waals surface area contributed by atoms with Crippen LogP contribution >= 0.6 is 23.1 Å². The van der Waals surface area contributed by atoms with Crippen LogP contribution in [0, 0.1) is 5.92 Å². The number of thioether (sulfide) groups is 1. The van der Waals surface area contributed by atoms with Crippen LogP contribution in [0.3, 0.4) is 0 Å². The molecule has 2 aromatic rings. The minimum absolute atomic E-state index is 0.678. The summed E-state index contributed by atoms with van der Waals surface area (Å²) in [7, 11) is 0. The number of nitrogens with zero attached hydrogens (tertiary/aromatic N) is 1. The zero-order chi connectivity index (χ0) is 13.7.